The molecule has 0 aromatic heterocycles. The van der Waals surface area contributed by atoms with Crippen molar-refractivity contribution in [1.82, 2.24) is 5.32 Å². The van der Waals surface area contributed by atoms with Crippen molar-refractivity contribution in [3.8, 4) is 11.5 Å². The Labute approximate surface area is 137 Å². The molecule has 0 aliphatic carbocycles. The number of carbonyl (C=O) groups excluding carboxylic acids is 1. The van der Waals surface area contributed by atoms with Gasteiger partial charge in [-0.25, -0.2) is 0 Å². The fraction of sp³-hybridized carbons (Fsp3) is 0.316. The van der Waals surface area contributed by atoms with Gasteiger partial charge in [-0.3, -0.25) is 4.79 Å². The third-order valence-corrected chi connectivity index (χ3v) is 3.55. The summed E-state index contributed by atoms with van der Waals surface area (Å²) in [5.74, 6) is 1.51. The van der Waals surface area contributed by atoms with Gasteiger partial charge in [0.1, 0.15) is 11.5 Å². The lowest BCUT2D eigenvalue weighted by Gasteiger charge is -2.09. The second kappa shape index (κ2) is 8.83. The highest BCUT2D eigenvalue weighted by atomic mass is 16.5. The van der Waals surface area contributed by atoms with Gasteiger partial charge in [-0.15, -0.1) is 0 Å². The van der Waals surface area contributed by atoms with E-state index in [-0.39, 0.29) is 12.5 Å². The Hall–Kier alpha value is -2.49. The van der Waals surface area contributed by atoms with Crippen LogP contribution in [0.5, 0.6) is 11.5 Å². The molecule has 4 nitrogen and oxygen atoms in total. The van der Waals surface area contributed by atoms with Gasteiger partial charge >= 0.3 is 0 Å². The summed E-state index contributed by atoms with van der Waals surface area (Å²) in [6.45, 7) is 2.64. The first kappa shape index (κ1) is 16.9. The maximum Gasteiger partial charge on any atom is 0.257 e. The molecule has 0 heterocycles. The topological polar surface area (TPSA) is 47.6 Å². The summed E-state index contributed by atoms with van der Waals surface area (Å²) < 4.78 is 10.7. The van der Waals surface area contributed by atoms with Crippen LogP contribution in [0, 0.1) is 6.92 Å². The molecule has 4 heteroatoms. The fourth-order valence-corrected chi connectivity index (χ4v) is 2.26. The van der Waals surface area contributed by atoms with E-state index >= 15 is 0 Å². The number of rotatable bonds is 8. The van der Waals surface area contributed by atoms with E-state index < -0.39 is 0 Å². The molecule has 2 rings (SSSR count). The molecule has 1 amide bonds. The molecule has 0 atom stereocenters. The maximum atomic E-state index is 11.8. The Bertz CT molecular complexity index is 640. The highest BCUT2D eigenvalue weighted by Crippen LogP contribution is 2.16. The quantitative estimate of drug-likeness (QED) is 0.762. The van der Waals surface area contributed by atoms with Gasteiger partial charge in [0.2, 0.25) is 0 Å². The number of ether oxygens (including phenoxy) is 2. The van der Waals surface area contributed by atoms with Crippen molar-refractivity contribution in [2.24, 2.45) is 0 Å². The van der Waals surface area contributed by atoms with Gasteiger partial charge in [0.15, 0.2) is 6.61 Å². The van der Waals surface area contributed by atoms with Crippen molar-refractivity contribution in [2.75, 3.05) is 20.3 Å². The van der Waals surface area contributed by atoms with Crippen molar-refractivity contribution >= 4 is 5.91 Å². The van der Waals surface area contributed by atoms with Crippen LogP contribution >= 0.6 is 0 Å². The Morgan fingerprint density at radius 1 is 1.13 bits per heavy atom. The zero-order valence-electron chi connectivity index (χ0n) is 13.7. The lowest BCUT2D eigenvalue weighted by molar-refractivity contribution is -0.123. The van der Waals surface area contributed by atoms with E-state index in [9.17, 15) is 4.79 Å². The van der Waals surface area contributed by atoms with Crippen molar-refractivity contribution in [2.45, 2.75) is 19.8 Å². The van der Waals surface area contributed by atoms with E-state index in [0.717, 1.165) is 29.9 Å². The lowest BCUT2D eigenvalue weighted by atomic mass is 10.1. The van der Waals surface area contributed by atoms with Crippen molar-refractivity contribution in [3.63, 3.8) is 0 Å². The Kier molecular flexibility index (Phi) is 6.48. The summed E-state index contributed by atoms with van der Waals surface area (Å²) >= 11 is 0. The number of aryl methyl sites for hydroxylation is 2. The van der Waals surface area contributed by atoms with Gasteiger partial charge in [0.25, 0.3) is 5.91 Å². The van der Waals surface area contributed by atoms with Crippen LogP contribution in [0.2, 0.25) is 0 Å². The molecule has 0 unspecified atom stereocenters. The number of methoxy groups -OCH3 is 1. The summed E-state index contributed by atoms with van der Waals surface area (Å²) in [7, 11) is 1.66. The van der Waals surface area contributed by atoms with Gasteiger partial charge in [0.05, 0.1) is 7.11 Å². The van der Waals surface area contributed by atoms with Crippen molar-refractivity contribution < 1.29 is 14.3 Å². The highest BCUT2D eigenvalue weighted by Gasteiger charge is 2.04. The van der Waals surface area contributed by atoms with E-state index in [1.807, 2.05) is 49.4 Å². The molecular weight excluding hydrogens is 290 g/mol. The van der Waals surface area contributed by atoms with Crippen molar-refractivity contribution in [1.29, 1.82) is 0 Å². The predicted molar refractivity (Wildman–Crippen MR) is 91.0 cm³/mol. The van der Waals surface area contributed by atoms with Crippen LogP contribution in [-0.2, 0) is 11.2 Å². The highest BCUT2D eigenvalue weighted by molar-refractivity contribution is 5.77. The molecule has 0 radical (unpaired) electrons. The normalized spacial score (nSPS) is 10.2. The predicted octanol–water partition coefficient (Wildman–Crippen LogP) is 3.13. The van der Waals surface area contributed by atoms with Crippen LogP contribution in [0.25, 0.3) is 0 Å². The number of para-hydroxylation sites is 1. The molecule has 0 fully saturated rings. The summed E-state index contributed by atoms with van der Waals surface area (Å²) in [5, 5.41) is 2.88. The molecule has 2 aromatic carbocycles. The molecule has 0 bridgehead atoms. The lowest BCUT2D eigenvalue weighted by Crippen LogP contribution is -2.30. The number of hydrogen-bond acceptors (Lipinski definition) is 3. The zero-order chi connectivity index (χ0) is 16.5. The average Bonchev–Trinajstić information content (AvgIpc) is 2.58. The molecule has 0 aliphatic rings. The Morgan fingerprint density at radius 2 is 1.96 bits per heavy atom. The Morgan fingerprint density at radius 3 is 2.74 bits per heavy atom. The van der Waals surface area contributed by atoms with Gasteiger partial charge in [-0.2, -0.15) is 0 Å². The van der Waals surface area contributed by atoms with E-state index in [1.165, 1.54) is 5.56 Å². The first-order valence-electron chi connectivity index (χ1n) is 7.77. The summed E-state index contributed by atoms with van der Waals surface area (Å²) in [5.41, 5.74) is 2.23. The molecule has 0 saturated carbocycles. The third-order valence-electron chi connectivity index (χ3n) is 3.55. The molecular formula is C19H23NO3. The first-order valence-corrected chi connectivity index (χ1v) is 7.77. The summed E-state index contributed by atoms with van der Waals surface area (Å²) in [6, 6.07) is 15.6. The van der Waals surface area contributed by atoms with Crippen LogP contribution in [0.15, 0.2) is 48.5 Å². The fourth-order valence-electron chi connectivity index (χ4n) is 2.26. The molecule has 1 N–H and O–H groups in total. The van der Waals surface area contributed by atoms with E-state index in [0.29, 0.717) is 6.54 Å². The molecule has 0 aliphatic heterocycles. The zero-order valence-corrected chi connectivity index (χ0v) is 13.7. The van der Waals surface area contributed by atoms with Crippen LogP contribution in [0.3, 0.4) is 0 Å². The van der Waals surface area contributed by atoms with Gasteiger partial charge in [0, 0.05) is 6.54 Å². The number of nitrogens with one attached hydrogen (secondary N) is 1. The van der Waals surface area contributed by atoms with Crippen LogP contribution < -0.4 is 14.8 Å². The maximum absolute atomic E-state index is 11.8. The van der Waals surface area contributed by atoms with Gasteiger partial charge in [-0.1, -0.05) is 30.3 Å². The minimum Gasteiger partial charge on any atom is -0.497 e. The Balaban J connectivity index is 1.66. The minimum absolute atomic E-state index is 0.0456. The monoisotopic (exact) mass is 313 g/mol. The van der Waals surface area contributed by atoms with Crippen LogP contribution in [-0.4, -0.2) is 26.2 Å². The van der Waals surface area contributed by atoms with Crippen molar-refractivity contribution in [3.05, 3.63) is 59.7 Å². The minimum atomic E-state index is -0.0982. The average molecular weight is 313 g/mol. The van der Waals surface area contributed by atoms with E-state index in [4.69, 9.17) is 9.47 Å². The standard InChI is InChI=1S/C19H23NO3/c1-15-7-3-4-11-18(15)23-14-19(21)20-12-6-9-16-8-5-10-17(13-16)22-2/h3-5,7-8,10-11,13H,6,9,12,14H2,1-2H3,(H,20,21). The van der Waals surface area contributed by atoms with Crippen LogP contribution in [0.1, 0.15) is 17.5 Å². The largest absolute Gasteiger partial charge is 0.497 e. The molecule has 122 valence electrons. The molecule has 2 aromatic rings. The molecule has 0 saturated heterocycles. The molecule has 23 heavy (non-hydrogen) atoms. The second-order valence-corrected chi connectivity index (χ2v) is 5.36. The van der Waals surface area contributed by atoms with Crippen LogP contribution in [0.4, 0.5) is 0 Å². The number of carbonyl (C=O) groups is 1. The summed E-state index contributed by atoms with van der Waals surface area (Å²) in [6.07, 6.45) is 1.78. The van der Waals surface area contributed by atoms with E-state index in [1.54, 1.807) is 7.11 Å². The van der Waals surface area contributed by atoms with E-state index in [2.05, 4.69) is 11.4 Å². The summed E-state index contributed by atoms with van der Waals surface area (Å²) in [4.78, 5) is 11.8. The van der Waals surface area contributed by atoms with Gasteiger partial charge < -0.3 is 14.8 Å². The molecule has 0 spiro atoms. The number of benzene rings is 2. The SMILES string of the molecule is COc1cccc(CCCNC(=O)COc2ccccc2C)c1. The third kappa shape index (κ3) is 5.66. The number of amides is 1. The van der Waals surface area contributed by atoms with Gasteiger partial charge in [-0.05, 0) is 49.1 Å². The first-order chi connectivity index (χ1) is 11.2. The second-order valence-electron chi connectivity index (χ2n) is 5.36. The number of hydrogen-bond donors (Lipinski definition) is 1. The smallest absolute Gasteiger partial charge is 0.257 e.